The molecule has 0 saturated heterocycles. The van der Waals surface area contributed by atoms with Gasteiger partial charge in [0.25, 0.3) is 0 Å². The minimum Gasteiger partial charge on any atom is -0.327 e. The summed E-state index contributed by atoms with van der Waals surface area (Å²) in [4.78, 5) is 10.8. The second-order valence-corrected chi connectivity index (χ2v) is 4.24. The monoisotopic (exact) mass is 191 g/mol. The Morgan fingerprint density at radius 3 is 2.43 bits per heavy atom. The van der Waals surface area contributed by atoms with Crippen LogP contribution in [-0.2, 0) is 11.2 Å². The maximum absolute atomic E-state index is 10.8. The van der Waals surface area contributed by atoms with E-state index in [0.717, 1.165) is 12.7 Å². The lowest BCUT2D eigenvalue weighted by Gasteiger charge is -2.25. The number of carbonyl (C=O) groups is 1. The first-order valence-corrected chi connectivity index (χ1v) is 4.82. The van der Waals surface area contributed by atoms with Gasteiger partial charge >= 0.3 is 0 Å². The molecule has 2 N–H and O–H groups in total. The van der Waals surface area contributed by atoms with Crippen LogP contribution in [0.2, 0.25) is 0 Å². The Morgan fingerprint density at radius 1 is 1.36 bits per heavy atom. The van der Waals surface area contributed by atoms with Crippen molar-refractivity contribution in [2.24, 2.45) is 11.1 Å². The number of carbonyl (C=O) groups excluding carboxylic acids is 1. The van der Waals surface area contributed by atoms with Gasteiger partial charge in [0, 0.05) is 11.5 Å². The van der Waals surface area contributed by atoms with Gasteiger partial charge in [-0.25, -0.2) is 0 Å². The van der Waals surface area contributed by atoms with E-state index >= 15 is 0 Å². The van der Waals surface area contributed by atoms with E-state index < -0.39 is 5.41 Å². The number of hydrogen-bond acceptors (Lipinski definition) is 2. The topological polar surface area (TPSA) is 43.1 Å². The lowest BCUT2D eigenvalue weighted by molar-refractivity contribution is -0.115. The summed E-state index contributed by atoms with van der Waals surface area (Å²) in [5.41, 5.74) is 6.69. The third kappa shape index (κ3) is 2.67. The van der Waals surface area contributed by atoms with E-state index in [4.69, 9.17) is 5.73 Å². The first-order chi connectivity index (χ1) is 6.56. The first-order valence-electron chi connectivity index (χ1n) is 4.82. The van der Waals surface area contributed by atoms with E-state index in [1.807, 2.05) is 44.2 Å². The Bertz CT molecular complexity index is 292. The average molecular weight is 191 g/mol. The summed E-state index contributed by atoms with van der Waals surface area (Å²) in [6.45, 7) is 3.74. The van der Waals surface area contributed by atoms with Gasteiger partial charge in [-0.3, -0.25) is 0 Å². The van der Waals surface area contributed by atoms with Gasteiger partial charge in [0.1, 0.15) is 6.29 Å². The van der Waals surface area contributed by atoms with E-state index in [-0.39, 0.29) is 6.04 Å². The molecule has 1 unspecified atom stereocenters. The molecule has 0 spiro atoms. The molecule has 0 heterocycles. The van der Waals surface area contributed by atoms with Gasteiger partial charge in [-0.2, -0.15) is 0 Å². The lowest BCUT2D eigenvalue weighted by atomic mass is 9.83. The maximum atomic E-state index is 10.8. The molecule has 76 valence electrons. The van der Waals surface area contributed by atoms with Crippen LogP contribution in [0.1, 0.15) is 19.4 Å². The second kappa shape index (κ2) is 4.38. The summed E-state index contributed by atoms with van der Waals surface area (Å²) in [5, 5.41) is 0. The first kappa shape index (κ1) is 10.9. The van der Waals surface area contributed by atoms with Gasteiger partial charge in [0.15, 0.2) is 0 Å². The van der Waals surface area contributed by atoms with E-state index in [2.05, 4.69) is 0 Å². The molecule has 0 amide bonds. The highest BCUT2D eigenvalue weighted by Crippen LogP contribution is 2.18. The standard InChI is InChI=1S/C12H17NO/c1-12(2,9-14)11(13)8-10-6-4-3-5-7-10/h3-7,9,11H,8,13H2,1-2H3. The fourth-order valence-corrected chi connectivity index (χ4v) is 1.22. The Morgan fingerprint density at radius 2 is 1.93 bits per heavy atom. The van der Waals surface area contributed by atoms with Gasteiger partial charge in [-0.05, 0) is 12.0 Å². The highest BCUT2D eigenvalue weighted by Gasteiger charge is 2.25. The molecule has 14 heavy (non-hydrogen) atoms. The molecule has 2 nitrogen and oxygen atoms in total. The molecule has 0 aliphatic carbocycles. The summed E-state index contributed by atoms with van der Waals surface area (Å²) < 4.78 is 0. The van der Waals surface area contributed by atoms with E-state index in [9.17, 15) is 4.79 Å². The molecule has 0 fully saturated rings. The van der Waals surface area contributed by atoms with Crippen LogP contribution in [0, 0.1) is 5.41 Å². The number of benzene rings is 1. The summed E-state index contributed by atoms with van der Waals surface area (Å²) in [6, 6.07) is 9.87. The molecule has 1 aromatic carbocycles. The molecular weight excluding hydrogens is 174 g/mol. The van der Waals surface area contributed by atoms with Gasteiger partial charge < -0.3 is 10.5 Å². The summed E-state index contributed by atoms with van der Waals surface area (Å²) >= 11 is 0. The van der Waals surface area contributed by atoms with Crippen LogP contribution in [0.15, 0.2) is 30.3 Å². The SMILES string of the molecule is CC(C)(C=O)C(N)Cc1ccccc1. The van der Waals surface area contributed by atoms with Crippen LogP contribution >= 0.6 is 0 Å². The predicted octanol–water partition coefficient (Wildman–Crippen LogP) is 1.78. The third-order valence-corrected chi connectivity index (χ3v) is 2.56. The molecular formula is C12H17NO. The Labute approximate surface area is 85.1 Å². The normalized spacial score (nSPS) is 13.6. The average Bonchev–Trinajstić information content (AvgIpc) is 2.19. The molecule has 1 atom stereocenters. The van der Waals surface area contributed by atoms with E-state index in [1.165, 1.54) is 5.56 Å². The van der Waals surface area contributed by atoms with Crippen molar-refractivity contribution in [1.29, 1.82) is 0 Å². The predicted molar refractivity (Wildman–Crippen MR) is 58.0 cm³/mol. The fraction of sp³-hybridized carbons (Fsp3) is 0.417. The van der Waals surface area contributed by atoms with Crippen molar-refractivity contribution in [3.63, 3.8) is 0 Å². The van der Waals surface area contributed by atoms with Crippen molar-refractivity contribution in [3.05, 3.63) is 35.9 Å². The largest absolute Gasteiger partial charge is 0.327 e. The number of aldehydes is 1. The Hall–Kier alpha value is -1.15. The molecule has 0 saturated carbocycles. The minimum atomic E-state index is -0.449. The Balaban J connectivity index is 2.66. The lowest BCUT2D eigenvalue weighted by Crippen LogP contribution is -2.40. The molecule has 0 aliphatic heterocycles. The molecule has 0 aromatic heterocycles. The molecule has 0 aliphatic rings. The van der Waals surface area contributed by atoms with Gasteiger partial charge in [0.2, 0.25) is 0 Å². The van der Waals surface area contributed by atoms with Crippen molar-refractivity contribution in [3.8, 4) is 0 Å². The molecule has 0 bridgehead atoms. The van der Waals surface area contributed by atoms with E-state index in [1.54, 1.807) is 0 Å². The zero-order valence-corrected chi connectivity index (χ0v) is 8.73. The van der Waals surface area contributed by atoms with Crippen LogP contribution in [0.25, 0.3) is 0 Å². The van der Waals surface area contributed by atoms with Crippen LogP contribution in [0.5, 0.6) is 0 Å². The van der Waals surface area contributed by atoms with Gasteiger partial charge in [-0.1, -0.05) is 44.2 Å². The smallest absolute Gasteiger partial charge is 0.127 e. The van der Waals surface area contributed by atoms with Gasteiger partial charge in [-0.15, -0.1) is 0 Å². The Kier molecular flexibility index (Phi) is 3.42. The third-order valence-electron chi connectivity index (χ3n) is 2.56. The highest BCUT2D eigenvalue weighted by atomic mass is 16.1. The number of rotatable bonds is 4. The molecule has 1 rings (SSSR count). The molecule has 0 radical (unpaired) electrons. The van der Waals surface area contributed by atoms with E-state index in [0.29, 0.717) is 0 Å². The summed E-state index contributed by atoms with van der Waals surface area (Å²) in [5.74, 6) is 0. The zero-order valence-electron chi connectivity index (χ0n) is 8.73. The number of nitrogens with two attached hydrogens (primary N) is 1. The summed E-state index contributed by atoms with van der Waals surface area (Å²) in [7, 11) is 0. The van der Waals surface area contributed by atoms with Crippen molar-refractivity contribution < 1.29 is 4.79 Å². The fourth-order valence-electron chi connectivity index (χ4n) is 1.22. The van der Waals surface area contributed by atoms with Crippen molar-refractivity contribution in [1.82, 2.24) is 0 Å². The van der Waals surface area contributed by atoms with Crippen LogP contribution < -0.4 is 5.73 Å². The second-order valence-electron chi connectivity index (χ2n) is 4.24. The van der Waals surface area contributed by atoms with Crippen molar-refractivity contribution >= 4 is 6.29 Å². The molecule has 1 aromatic rings. The maximum Gasteiger partial charge on any atom is 0.127 e. The van der Waals surface area contributed by atoms with Gasteiger partial charge in [0.05, 0.1) is 0 Å². The van der Waals surface area contributed by atoms with Crippen LogP contribution in [0.3, 0.4) is 0 Å². The minimum absolute atomic E-state index is 0.123. The molecule has 2 heteroatoms. The van der Waals surface area contributed by atoms with Crippen LogP contribution in [0.4, 0.5) is 0 Å². The number of hydrogen-bond donors (Lipinski definition) is 1. The summed E-state index contributed by atoms with van der Waals surface area (Å²) in [6.07, 6.45) is 1.67. The zero-order chi connectivity index (χ0) is 10.6. The van der Waals surface area contributed by atoms with Crippen molar-refractivity contribution in [2.45, 2.75) is 26.3 Å². The van der Waals surface area contributed by atoms with Crippen LogP contribution in [-0.4, -0.2) is 12.3 Å². The quantitative estimate of drug-likeness (QED) is 0.737. The van der Waals surface area contributed by atoms with Crippen molar-refractivity contribution in [2.75, 3.05) is 0 Å². The highest BCUT2D eigenvalue weighted by molar-refractivity contribution is 5.59.